The Bertz CT molecular complexity index is 606. The zero-order chi connectivity index (χ0) is 14.4. The molecule has 0 aliphatic heterocycles. The van der Waals surface area contributed by atoms with E-state index in [2.05, 4.69) is 5.10 Å². The van der Waals surface area contributed by atoms with Crippen LogP contribution in [-0.4, -0.2) is 9.78 Å². The highest BCUT2D eigenvalue weighted by atomic mass is 35.5. The first kappa shape index (κ1) is 13.9. The maximum absolute atomic E-state index is 14.1. The van der Waals surface area contributed by atoms with Crippen molar-refractivity contribution in [2.45, 2.75) is 26.2 Å². The zero-order valence-corrected chi connectivity index (χ0v) is 12.2. The van der Waals surface area contributed by atoms with E-state index in [0.717, 1.165) is 5.69 Å². The third kappa shape index (κ3) is 2.32. The fourth-order valence-corrected chi connectivity index (χ4v) is 2.30. The van der Waals surface area contributed by atoms with Gasteiger partial charge in [0.1, 0.15) is 11.6 Å². The maximum Gasteiger partial charge on any atom is 0.132 e. The minimum absolute atomic E-state index is 0.254. The van der Waals surface area contributed by atoms with E-state index in [1.54, 1.807) is 23.9 Å². The van der Waals surface area contributed by atoms with Crippen molar-refractivity contribution in [1.29, 1.82) is 0 Å². The Balaban J connectivity index is 2.83. The summed E-state index contributed by atoms with van der Waals surface area (Å²) in [5, 5.41) is 4.74. The second kappa shape index (κ2) is 4.53. The Kier molecular flexibility index (Phi) is 3.31. The van der Waals surface area contributed by atoms with E-state index in [1.165, 1.54) is 6.07 Å². The molecule has 5 heteroatoms. The molecule has 2 aromatic rings. The number of halogens is 2. The fraction of sp³-hybridized carbons (Fsp3) is 0.357. The Morgan fingerprint density at radius 2 is 1.89 bits per heavy atom. The fourth-order valence-electron chi connectivity index (χ4n) is 2.05. The highest BCUT2D eigenvalue weighted by Gasteiger charge is 2.28. The molecule has 0 aliphatic carbocycles. The van der Waals surface area contributed by atoms with E-state index in [4.69, 9.17) is 17.3 Å². The molecule has 2 rings (SSSR count). The number of hydrogen-bond donors (Lipinski definition) is 1. The molecule has 2 N–H and O–H groups in total. The van der Waals surface area contributed by atoms with E-state index in [-0.39, 0.29) is 5.41 Å². The van der Waals surface area contributed by atoms with Gasteiger partial charge in [0.05, 0.1) is 16.3 Å². The maximum atomic E-state index is 14.1. The van der Waals surface area contributed by atoms with Crippen LogP contribution in [-0.2, 0) is 12.5 Å². The van der Waals surface area contributed by atoms with Crippen LogP contribution in [0.5, 0.6) is 0 Å². The second-order valence-corrected chi connectivity index (χ2v) is 5.99. The molecular formula is C14H17ClFN3. The molecule has 0 atom stereocenters. The number of nitrogens with two attached hydrogens (primary N) is 1. The molecule has 0 spiro atoms. The molecule has 1 heterocycles. The number of anilines is 1. The van der Waals surface area contributed by atoms with Crippen molar-refractivity contribution in [3.8, 4) is 11.1 Å². The molecule has 0 unspecified atom stereocenters. The molecule has 0 saturated carbocycles. The van der Waals surface area contributed by atoms with Crippen molar-refractivity contribution in [3.05, 3.63) is 34.7 Å². The number of rotatable bonds is 1. The van der Waals surface area contributed by atoms with Gasteiger partial charge in [0.2, 0.25) is 0 Å². The van der Waals surface area contributed by atoms with Gasteiger partial charge in [0.15, 0.2) is 0 Å². The predicted octanol–water partition coefficient (Wildman–Crippen LogP) is 3.76. The van der Waals surface area contributed by atoms with Gasteiger partial charge < -0.3 is 5.73 Å². The minimum atomic E-state index is -0.391. The van der Waals surface area contributed by atoms with Gasteiger partial charge in [-0.05, 0) is 12.1 Å². The van der Waals surface area contributed by atoms with E-state index >= 15 is 0 Å². The predicted molar refractivity (Wildman–Crippen MR) is 76.7 cm³/mol. The van der Waals surface area contributed by atoms with E-state index in [1.807, 2.05) is 20.8 Å². The smallest absolute Gasteiger partial charge is 0.132 e. The standard InChI is InChI=1S/C14H17ClFN3/c1-14(2,3)12-11(13(17)19(4)18-12)10-8(15)6-5-7-9(10)16/h5-7H,17H2,1-4H3. The lowest BCUT2D eigenvalue weighted by Crippen LogP contribution is -2.14. The summed E-state index contributed by atoms with van der Waals surface area (Å²) in [6, 6.07) is 4.60. The van der Waals surface area contributed by atoms with Gasteiger partial charge in [0.25, 0.3) is 0 Å². The van der Waals surface area contributed by atoms with Crippen LogP contribution in [0.3, 0.4) is 0 Å². The van der Waals surface area contributed by atoms with Crippen LogP contribution >= 0.6 is 11.6 Å². The average molecular weight is 282 g/mol. The Hall–Kier alpha value is -1.55. The van der Waals surface area contributed by atoms with Gasteiger partial charge in [0, 0.05) is 18.0 Å². The second-order valence-electron chi connectivity index (χ2n) is 5.58. The summed E-state index contributed by atoms with van der Waals surface area (Å²) in [5.41, 5.74) is 7.43. The van der Waals surface area contributed by atoms with Gasteiger partial charge in [-0.25, -0.2) is 4.39 Å². The summed E-state index contributed by atoms with van der Waals surface area (Å²) < 4.78 is 15.7. The van der Waals surface area contributed by atoms with E-state index in [0.29, 0.717) is 22.0 Å². The summed E-state index contributed by atoms with van der Waals surface area (Å²) >= 11 is 6.13. The Morgan fingerprint density at radius 1 is 1.26 bits per heavy atom. The highest BCUT2D eigenvalue weighted by molar-refractivity contribution is 6.33. The third-order valence-electron chi connectivity index (χ3n) is 3.01. The summed E-state index contributed by atoms with van der Waals surface area (Å²) in [5.74, 6) is 0.0228. The minimum Gasteiger partial charge on any atom is -0.383 e. The van der Waals surface area contributed by atoms with Crippen LogP contribution in [0.1, 0.15) is 26.5 Å². The first-order valence-corrected chi connectivity index (χ1v) is 6.38. The van der Waals surface area contributed by atoms with Crippen LogP contribution < -0.4 is 5.73 Å². The molecule has 0 aliphatic rings. The summed E-state index contributed by atoms with van der Waals surface area (Å²) in [7, 11) is 1.74. The number of benzene rings is 1. The first-order chi connectivity index (χ1) is 8.73. The van der Waals surface area contributed by atoms with Crippen LogP contribution in [0.4, 0.5) is 10.2 Å². The molecule has 0 fully saturated rings. The van der Waals surface area contributed by atoms with Gasteiger partial charge in [-0.3, -0.25) is 4.68 Å². The van der Waals surface area contributed by atoms with Gasteiger partial charge >= 0.3 is 0 Å². The van der Waals surface area contributed by atoms with Crippen LogP contribution in [0, 0.1) is 5.82 Å². The number of nitrogen functional groups attached to an aromatic ring is 1. The number of aryl methyl sites for hydroxylation is 1. The molecule has 19 heavy (non-hydrogen) atoms. The van der Waals surface area contributed by atoms with Gasteiger partial charge in [-0.15, -0.1) is 0 Å². The van der Waals surface area contributed by atoms with Crippen LogP contribution in [0.25, 0.3) is 11.1 Å². The zero-order valence-electron chi connectivity index (χ0n) is 11.5. The number of hydrogen-bond acceptors (Lipinski definition) is 2. The molecule has 3 nitrogen and oxygen atoms in total. The Labute approximate surface area is 117 Å². The lowest BCUT2D eigenvalue weighted by molar-refractivity contribution is 0.554. The molecule has 1 aromatic heterocycles. The van der Waals surface area contributed by atoms with Crippen molar-refractivity contribution >= 4 is 17.4 Å². The summed E-state index contributed by atoms with van der Waals surface area (Å²) in [4.78, 5) is 0. The van der Waals surface area contributed by atoms with E-state index < -0.39 is 5.82 Å². The van der Waals surface area contributed by atoms with Crippen molar-refractivity contribution in [1.82, 2.24) is 9.78 Å². The van der Waals surface area contributed by atoms with Gasteiger partial charge in [-0.2, -0.15) is 5.10 Å². The summed E-state index contributed by atoms with van der Waals surface area (Å²) in [6.45, 7) is 6.02. The van der Waals surface area contributed by atoms with Crippen LogP contribution in [0.15, 0.2) is 18.2 Å². The molecular weight excluding hydrogens is 265 g/mol. The summed E-state index contributed by atoms with van der Waals surface area (Å²) in [6.07, 6.45) is 0. The molecule has 0 saturated heterocycles. The quantitative estimate of drug-likeness (QED) is 0.865. The van der Waals surface area contributed by atoms with Crippen molar-refractivity contribution in [2.24, 2.45) is 7.05 Å². The average Bonchev–Trinajstić information content (AvgIpc) is 2.57. The highest BCUT2D eigenvalue weighted by Crippen LogP contribution is 2.40. The number of nitrogens with zero attached hydrogens (tertiary/aromatic N) is 2. The number of aromatic nitrogens is 2. The molecule has 102 valence electrons. The largest absolute Gasteiger partial charge is 0.383 e. The first-order valence-electron chi connectivity index (χ1n) is 6.01. The monoisotopic (exact) mass is 281 g/mol. The molecule has 0 bridgehead atoms. The topological polar surface area (TPSA) is 43.8 Å². The molecule has 1 aromatic carbocycles. The van der Waals surface area contributed by atoms with Crippen molar-refractivity contribution in [2.75, 3.05) is 5.73 Å². The lowest BCUT2D eigenvalue weighted by atomic mass is 9.87. The molecule has 0 radical (unpaired) electrons. The van der Waals surface area contributed by atoms with E-state index in [9.17, 15) is 4.39 Å². The van der Waals surface area contributed by atoms with Gasteiger partial charge in [-0.1, -0.05) is 38.4 Å². The third-order valence-corrected chi connectivity index (χ3v) is 3.33. The van der Waals surface area contributed by atoms with Crippen LogP contribution in [0.2, 0.25) is 5.02 Å². The molecule has 0 amide bonds. The normalized spacial score (nSPS) is 11.9. The van der Waals surface area contributed by atoms with Crippen molar-refractivity contribution < 1.29 is 4.39 Å². The SMILES string of the molecule is Cn1nc(C(C)(C)C)c(-c2c(F)cccc2Cl)c1N. The Morgan fingerprint density at radius 3 is 2.42 bits per heavy atom. The lowest BCUT2D eigenvalue weighted by Gasteiger charge is -2.18. The van der Waals surface area contributed by atoms with Crippen molar-refractivity contribution in [3.63, 3.8) is 0 Å².